The molecule has 0 unspecified atom stereocenters. The number of benzene rings is 1. The minimum Gasteiger partial charge on any atom is -0.341 e. The molecule has 1 aliphatic rings. The fraction of sp³-hybridized carbons (Fsp3) is 0.400. The number of carbonyl (C=O) groups is 2. The van der Waals surface area contributed by atoms with E-state index in [1.165, 1.54) is 17.3 Å². The highest BCUT2D eigenvalue weighted by molar-refractivity contribution is 7.91. The number of nitrogens with one attached hydrogen (secondary N) is 2. The number of thiophene rings is 1. The summed E-state index contributed by atoms with van der Waals surface area (Å²) >= 11 is 6.91. The third kappa shape index (κ3) is 5.89. The van der Waals surface area contributed by atoms with E-state index in [1.54, 1.807) is 6.07 Å². The first-order valence-electron chi connectivity index (χ1n) is 9.68. The Morgan fingerprint density at radius 3 is 2.40 bits per heavy atom. The number of Topliss-reactive ketones (excluding diaryl/α,β-unsaturated/α-hetero) is 1. The molecule has 1 aliphatic heterocycles. The van der Waals surface area contributed by atoms with E-state index in [1.807, 2.05) is 30.3 Å². The van der Waals surface area contributed by atoms with Gasteiger partial charge in [-0.3, -0.25) is 9.59 Å². The molecule has 2 N–H and O–H groups in total. The van der Waals surface area contributed by atoms with Crippen LogP contribution in [0.3, 0.4) is 0 Å². The fourth-order valence-corrected chi connectivity index (χ4v) is 6.48. The average Bonchev–Trinajstić information content (AvgIpc) is 3.16. The second kappa shape index (κ2) is 10.0. The van der Waals surface area contributed by atoms with Crippen LogP contribution in [-0.4, -0.2) is 63.2 Å². The first-order chi connectivity index (χ1) is 14.3. The number of halogens is 1. The van der Waals surface area contributed by atoms with Crippen LogP contribution in [-0.2, 0) is 26.0 Å². The lowest BCUT2D eigenvalue weighted by molar-refractivity contribution is -0.895. The molecule has 2 heterocycles. The first kappa shape index (κ1) is 22.9. The van der Waals surface area contributed by atoms with Crippen LogP contribution in [0.15, 0.2) is 46.7 Å². The minimum absolute atomic E-state index is 0.0901. The summed E-state index contributed by atoms with van der Waals surface area (Å²) in [5, 5.41) is 2.83. The SMILES string of the molecule is CC(=O)[C@H](Cc1ccccc1)NC(=O)C[NH+]1CCN(S(=O)(=O)c2ccc(Cl)s2)CC1. The summed E-state index contributed by atoms with van der Waals surface area (Å²) in [5.74, 6) is -0.296. The van der Waals surface area contributed by atoms with E-state index in [2.05, 4.69) is 5.32 Å². The summed E-state index contributed by atoms with van der Waals surface area (Å²) in [4.78, 5) is 25.4. The van der Waals surface area contributed by atoms with Crippen molar-refractivity contribution >= 4 is 44.7 Å². The molecule has 1 aromatic carbocycles. The van der Waals surface area contributed by atoms with Crippen molar-refractivity contribution in [2.24, 2.45) is 0 Å². The Morgan fingerprint density at radius 1 is 1.17 bits per heavy atom. The average molecular weight is 471 g/mol. The van der Waals surface area contributed by atoms with Gasteiger partial charge in [0.25, 0.3) is 15.9 Å². The van der Waals surface area contributed by atoms with Crippen molar-refractivity contribution < 1.29 is 22.9 Å². The zero-order valence-electron chi connectivity index (χ0n) is 16.6. The Labute approximate surface area is 185 Å². The second-order valence-electron chi connectivity index (χ2n) is 7.31. The predicted octanol–water partition coefficient (Wildman–Crippen LogP) is 0.607. The molecule has 7 nitrogen and oxygen atoms in total. The molecule has 0 bridgehead atoms. The van der Waals surface area contributed by atoms with E-state index in [9.17, 15) is 18.0 Å². The topological polar surface area (TPSA) is 88.0 Å². The standard InChI is InChI=1S/C20H24ClN3O4S2/c1-15(25)17(13-16-5-3-2-4-6-16)22-19(26)14-23-9-11-24(12-10-23)30(27,28)20-8-7-18(21)29-20/h2-8,17H,9-14H2,1H3,(H,22,26)/p+1/t17-/m0/s1. The Kier molecular flexibility index (Phi) is 7.65. The number of rotatable bonds is 8. The maximum absolute atomic E-state index is 12.7. The summed E-state index contributed by atoms with van der Waals surface area (Å²) in [6, 6.07) is 12.1. The van der Waals surface area contributed by atoms with Crippen LogP contribution >= 0.6 is 22.9 Å². The third-order valence-corrected chi connectivity index (χ3v) is 8.69. The maximum atomic E-state index is 12.7. The Morgan fingerprint density at radius 2 is 1.83 bits per heavy atom. The van der Waals surface area contributed by atoms with Crippen molar-refractivity contribution in [2.75, 3.05) is 32.7 Å². The zero-order valence-corrected chi connectivity index (χ0v) is 19.0. The predicted molar refractivity (Wildman–Crippen MR) is 116 cm³/mol. The van der Waals surface area contributed by atoms with Crippen LogP contribution in [0.2, 0.25) is 4.34 Å². The molecule has 162 valence electrons. The van der Waals surface area contributed by atoms with E-state index >= 15 is 0 Å². The van der Waals surface area contributed by atoms with Crippen LogP contribution in [0.4, 0.5) is 0 Å². The number of nitrogens with zero attached hydrogens (tertiary/aromatic N) is 1. The fourth-order valence-electron chi connectivity index (χ4n) is 3.40. The molecule has 1 aromatic heterocycles. The minimum atomic E-state index is -3.55. The van der Waals surface area contributed by atoms with Crippen molar-refractivity contribution in [3.63, 3.8) is 0 Å². The van der Waals surface area contributed by atoms with Gasteiger partial charge in [-0.2, -0.15) is 4.31 Å². The summed E-state index contributed by atoms with van der Waals surface area (Å²) in [7, 11) is -3.55. The number of piperazine rings is 1. The number of ketones is 1. The lowest BCUT2D eigenvalue weighted by Gasteiger charge is -2.31. The lowest BCUT2D eigenvalue weighted by Crippen LogP contribution is -3.15. The molecule has 0 saturated carbocycles. The van der Waals surface area contributed by atoms with Crippen molar-refractivity contribution in [3.8, 4) is 0 Å². The lowest BCUT2D eigenvalue weighted by atomic mass is 10.0. The van der Waals surface area contributed by atoms with Crippen LogP contribution in [0.5, 0.6) is 0 Å². The summed E-state index contributed by atoms with van der Waals surface area (Å²) in [5.41, 5.74) is 0.984. The number of amides is 1. The van der Waals surface area contributed by atoms with E-state index in [0.717, 1.165) is 21.8 Å². The molecular weight excluding hydrogens is 446 g/mol. The molecule has 2 aromatic rings. The molecule has 30 heavy (non-hydrogen) atoms. The van der Waals surface area contributed by atoms with Crippen LogP contribution in [0, 0.1) is 0 Å². The highest BCUT2D eigenvalue weighted by Gasteiger charge is 2.32. The molecule has 0 aliphatic carbocycles. The summed E-state index contributed by atoms with van der Waals surface area (Å²) < 4.78 is 27.5. The number of hydrogen-bond acceptors (Lipinski definition) is 5. The van der Waals surface area contributed by atoms with Crippen LogP contribution in [0.25, 0.3) is 0 Å². The highest BCUT2D eigenvalue weighted by Crippen LogP contribution is 2.27. The number of hydrogen-bond donors (Lipinski definition) is 2. The Balaban J connectivity index is 1.51. The first-order valence-corrected chi connectivity index (χ1v) is 12.3. The molecule has 1 fully saturated rings. The molecule has 0 spiro atoms. The van der Waals surface area contributed by atoms with Gasteiger partial charge in [0.15, 0.2) is 12.3 Å². The monoisotopic (exact) mass is 470 g/mol. The van der Waals surface area contributed by atoms with E-state index < -0.39 is 16.1 Å². The summed E-state index contributed by atoms with van der Waals surface area (Å²) in [6.07, 6.45) is 0.451. The third-order valence-electron chi connectivity index (χ3n) is 5.09. The molecule has 1 saturated heterocycles. The molecule has 1 amide bonds. The van der Waals surface area contributed by atoms with Gasteiger partial charge in [-0.15, -0.1) is 11.3 Å². The maximum Gasteiger partial charge on any atom is 0.275 e. The van der Waals surface area contributed by atoms with E-state index in [0.29, 0.717) is 36.9 Å². The smallest absolute Gasteiger partial charge is 0.275 e. The van der Waals surface area contributed by atoms with Gasteiger partial charge in [-0.05, 0) is 31.0 Å². The van der Waals surface area contributed by atoms with Crippen molar-refractivity contribution in [3.05, 3.63) is 52.4 Å². The van der Waals surface area contributed by atoms with Gasteiger partial charge in [-0.1, -0.05) is 41.9 Å². The molecule has 3 rings (SSSR count). The number of carbonyl (C=O) groups excluding carboxylic acids is 2. The Hall–Kier alpha value is -1.78. The van der Waals surface area contributed by atoms with Gasteiger partial charge in [-0.25, -0.2) is 8.42 Å². The van der Waals surface area contributed by atoms with Gasteiger partial charge >= 0.3 is 0 Å². The van der Waals surface area contributed by atoms with Crippen molar-refractivity contribution in [1.82, 2.24) is 9.62 Å². The van der Waals surface area contributed by atoms with Crippen molar-refractivity contribution in [1.29, 1.82) is 0 Å². The number of quaternary nitrogens is 1. The molecule has 10 heteroatoms. The van der Waals surface area contributed by atoms with Gasteiger partial charge in [0.1, 0.15) is 4.21 Å². The van der Waals surface area contributed by atoms with Gasteiger partial charge in [0, 0.05) is 0 Å². The normalized spacial score (nSPS) is 16.9. The summed E-state index contributed by atoms with van der Waals surface area (Å²) in [6.45, 7) is 3.39. The molecular formula is C20H25ClN3O4S2+. The van der Waals surface area contributed by atoms with E-state index in [4.69, 9.17) is 11.6 Å². The van der Waals surface area contributed by atoms with Gasteiger partial charge in [0.2, 0.25) is 0 Å². The largest absolute Gasteiger partial charge is 0.341 e. The highest BCUT2D eigenvalue weighted by atomic mass is 35.5. The van der Waals surface area contributed by atoms with E-state index in [-0.39, 0.29) is 22.4 Å². The Bertz CT molecular complexity index is 986. The molecule has 1 atom stereocenters. The molecule has 0 radical (unpaired) electrons. The quantitative estimate of drug-likeness (QED) is 0.591. The van der Waals surface area contributed by atoms with Gasteiger partial charge < -0.3 is 10.2 Å². The second-order valence-corrected chi connectivity index (χ2v) is 11.2. The van der Waals surface area contributed by atoms with Gasteiger partial charge in [0.05, 0.1) is 36.6 Å². The zero-order chi connectivity index (χ0) is 21.7. The van der Waals surface area contributed by atoms with Crippen LogP contribution < -0.4 is 10.2 Å². The van der Waals surface area contributed by atoms with Crippen molar-refractivity contribution in [2.45, 2.75) is 23.6 Å². The van der Waals surface area contributed by atoms with Crippen LogP contribution in [0.1, 0.15) is 12.5 Å². The number of sulfonamides is 1.